The van der Waals surface area contributed by atoms with Gasteiger partial charge in [-0.1, -0.05) is 12.2 Å². The van der Waals surface area contributed by atoms with Crippen LogP contribution in [0.4, 0.5) is 0 Å². The van der Waals surface area contributed by atoms with Crippen molar-refractivity contribution in [3.05, 3.63) is 12.2 Å². The molecule has 0 heterocycles. The van der Waals surface area contributed by atoms with Gasteiger partial charge in [0.2, 0.25) is 0 Å². The molecule has 0 saturated heterocycles. The second-order valence-corrected chi connectivity index (χ2v) is 3.86. The Morgan fingerprint density at radius 3 is 2.36 bits per heavy atom. The Morgan fingerprint density at radius 2 is 1.86 bits per heavy atom. The van der Waals surface area contributed by atoms with Crippen molar-refractivity contribution in [2.75, 3.05) is 7.11 Å². The fourth-order valence-electron chi connectivity index (χ4n) is 2.62. The Bertz CT molecular complexity index is 307. The molecule has 1 fully saturated rings. The van der Waals surface area contributed by atoms with Crippen LogP contribution in [-0.4, -0.2) is 24.2 Å². The highest BCUT2D eigenvalue weighted by Gasteiger charge is 2.52. The quantitative estimate of drug-likeness (QED) is 0.521. The Kier molecular flexibility index (Phi) is 2.06. The number of hydrogen-bond donors (Lipinski definition) is 1. The average Bonchev–Trinajstić information content (AvgIpc) is 2.74. The van der Waals surface area contributed by atoms with Crippen LogP contribution in [0.5, 0.6) is 0 Å². The fourth-order valence-corrected chi connectivity index (χ4v) is 2.62. The smallest absolute Gasteiger partial charge is 0.310 e. The third-order valence-corrected chi connectivity index (χ3v) is 3.22. The lowest BCUT2D eigenvalue weighted by atomic mass is 9.83. The lowest BCUT2D eigenvalue weighted by Crippen LogP contribution is -2.33. The summed E-state index contributed by atoms with van der Waals surface area (Å²) in [5, 5.41) is 9.01. The first-order chi connectivity index (χ1) is 6.65. The zero-order valence-electron chi connectivity index (χ0n) is 7.84. The summed E-state index contributed by atoms with van der Waals surface area (Å²) in [5.41, 5.74) is 0. The second-order valence-electron chi connectivity index (χ2n) is 3.86. The van der Waals surface area contributed by atoms with Gasteiger partial charge in [-0.2, -0.15) is 0 Å². The standard InChI is InChI=1S/C10H12O4/c1-14-10(13)8-6-3-2-5(4-6)7(8)9(11)12/h2-3,5-8H,4H2,1H3,(H,11,12)/t5-,6-,7-,8-/m0/s1. The Morgan fingerprint density at radius 1 is 1.29 bits per heavy atom. The molecule has 4 nitrogen and oxygen atoms in total. The van der Waals surface area contributed by atoms with E-state index in [0.29, 0.717) is 0 Å². The lowest BCUT2D eigenvalue weighted by molar-refractivity contribution is -0.156. The molecule has 0 amide bonds. The van der Waals surface area contributed by atoms with Gasteiger partial charge in [0, 0.05) is 0 Å². The summed E-state index contributed by atoms with van der Waals surface area (Å²) in [7, 11) is 1.30. The van der Waals surface area contributed by atoms with Gasteiger partial charge in [0.1, 0.15) is 0 Å². The second kappa shape index (κ2) is 3.12. The van der Waals surface area contributed by atoms with Gasteiger partial charge in [-0.3, -0.25) is 9.59 Å². The molecular formula is C10H12O4. The minimum Gasteiger partial charge on any atom is -0.481 e. The van der Waals surface area contributed by atoms with Gasteiger partial charge in [-0.05, 0) is 18.3 Å². The summed E-state index contributed by atoms with van der Waals surface area (Å²) in [6.07, 6.45) is 4.62. The number of carbonyl (C=O) groups excluding carboxylic acids is 1. The van der Waals surface area contributed by atoms with Gasteiger partial charge < -0.3 is 9.84 Å². The molecule has 4 heteroatoms. The number of fused-ring (bicyclic) bond motifs is 2. The normalized spacial score (nSPS) is 38.6. The molecule has 4 atom stereocenters. The van der Waals surface area contributed by atoms with Crippen molar-refractivity contribution >= 4 is 11.9 Å². The molecule has 0 aromatic carbocycles. The number of allylic oxidation sites excluding steroid dienone is 2. The molecule has 2 bridgehead atoms. The number of esters is 1. The van der Waals surface area contributed by atoms with Crippen molar-refractivity contribution < 1.29 is 19.4 Å². The Hall–Kier alpha value is -1.32. The number of hydrogen-bond acceptors (Lipinski definition) is 3. The molecule has 0 aromatic heterocycles. The molecule has 0 aromatic rings. The molecule has 0 radical (unpaired) electrons. The predicted octanol–water partition coefficient (Wildman–Crippen LogP) is 0.682. The van der Waals surface area contributed by atoms with Crippen molar-refractivity contribution in [3.63, 3.8) is 0 Å². The molecule has 1 saturated carbocycles. The van der Waals surface area contributed by atoms with Crippen LogP contribution in [0.15, 0.2) is 12.2 Å². The van der Waals surface area contributed by atoms with Crippen LogP contribution in [-0.2, 0) is 14.3 Å². The van der Waals surface area contributed by atoms with E-state index in [1.807, 2.05) is 12.2 Å². The third kappa shape index (κ3) is 1.14. The summed E-state index contributed by atoms with van der Waals surface area (Å²) in [5.74, 6) is -2.27. The van der Waals surface area contributed by atoms with E-state index in [1.165, 1.54) is 7.11 Å². The summed E-state index contributed by atoms with van der Waals surface area (Å²) >= 11 is 0. The maximum Gasteiger partial charge on any atom is 0.310 e. The van der Waals surface area contributed by atoms with Gasteiger partial charge in [0.15, 0.2) is 0 Å². The number of aliphatic carboxylic acids is 1. The Labute approximate surface area is 81.6 Å². The number of carbonyl (C=O) groups is 2. The summed E-state index contributed by atoms with van der Waals surface area (Å²) < 4.78 is 4.63. The molecule has 2 rings (SSSR count). The van der Waals surface area contributed by atoms with E-state index in [4.69, 9.17) is 5.11 Å². The fraction of sp³-hybridized carbons (Fsp3) is 0.600. The van der Waals surface area contributed by atoms with Crippen LogP contribution in [0.3, 0.4) is 0 Å². The summed E-state index contributed by atoms with van der Waals surface area (Å²) in [4.78, 5) is 22.4. The van der Waals surface area contributed by atoms with E-state index in [9.17, 15) is 9.59 Å². The minimum atomic E-state index is -0.891. The SMILES string of the molecule is COC(=O)[C@@H]1[C@@H](C(=O)O)[C@H]2C=C[C@H]1C2. The number of methoxy groups -OCH3 is 1. The van der Waals surface area contributed by atoms with Crippen LogP contribution < -0.4 is 0 Å². The number of ether oxygens (including phenoxy) is 1. The van der Waals surface area contributed by atoms with Crippen molar-refractivity contribution in [3.8, 4) is 0 Å². The average molecular weight is 196 g/mol. The topological polar surface area (TPSA) is 63.6 Å². The number of carboxylic acids is 1. The highest BCUT2D eigenvalue weighted by atomic mass is 16.5. The van der Waals surface area contributed by atoms with E-state index in [-0.39, 0.29) is 11.8 Å². The van der Waals surface area contributed by atoms with Crippen molar-refractivity contribution in [1.29, 1.82) is 0 Å². The predicted molar refractivity (Wildman–Crippen MR) is 47.4 cm³/mol. The minimum absolute atomic E-state index is 0.0154. The molecule has 2 aliphatic carbocycles. The highest BCUT2D eigenvalue weighted by Crippen LogP contribution is 2.48. The zero-order chi connectivity index (χ0) is 10.3. The molecule has 14 heavy (non-hydrogen) atoms. The van der Waals surface area contributed by atoms with E-state index in [1.54, 1.807) is 0 Å². The first kappa shape index (κ1) is 9.24. The van der Waals surface area contributed by atoms with Gasteiger partial charge in [0.05, 0.1) is 18.9 Å². The third-order valence-electron chi connectivity index (χ3n) is 3.22. The van der Waals surface area contributed by atoms with E-state index >= 15 is 0 Å². The Balaban J connectivity index is 2.26. The highest BCUT2D eigenvalue weighted by molar-refractivity contribution is 5.83. The monoisotopic (exact) mass is 196 g/mol. The molecule has 1 N–H and O–H groups in total. The van der Waals surface area contributed by atoms with Crippen LogP contribution in [0.25, 0.3) is 0 Å². The maximum absolute atomic E-state index is 11.4. The molecule has 76 valence electrons. The van der Waals surface area contributed by atoms with E-state index < -0.39 is 23.8 Å². The molecular weight excluding hydrogens is 184 g/mol. The van der Waals surface area contributed by atoms with Gasteiger partial charge >= 0.3 is 11.9 Å². The van der Waals surface area contributed by atoms with Crippen molar-refractivity contribution in [2.24, 2.45) is 23.7 Å². The van der Waals surface area contributed by atoms with Gasteiger partial charge in [-0.15, -0.1) is 0 Å². The summed E-state index contributed by atoms with van der Waals surface area (Å²) in [6, 6.07) is 0. The van der Waals surface area contributed by atoms with Crippen LogP contribution in [0.2, 0.25) is 0 Å². The van der Waals surface area contributed by atoms with Crippen molar-refractivity contribution in [2.45, 2.75) is 6.42 Å². The first-order valence-electron chi connectivity index (χ1n) is 4.64. The lowest BCUT2D eigenvalue weighted by Gasteiger charge is -2.21. The van der Waals surface area contributed by atoms with E-state index in [0.717, 1.165) is 6.42 Å². The first-order valence-corrected chi connectivity index (χ1v) is 4.64. The molecule has 0 aliphatic heterocycles. The van der Waals surface area contributed by atoms with Crippen LogP contribution in [0.1, 0.15) is 6.42 Å². The van der Waals surface area contributed by atoms with Gasteiger partial charge in [-0.25, -0.2) is 0 Å². The number of carboxylic acid groups (broad SMARTS) is 1. The van der Waals surface area contributed by atoms with Gasteiger partial charge in [0.25, 0.3) is 0 Å². The van der Waals surface area contributed by atoms with Crippen LogP contribution >= 0.6 is 0 Å². The van der Waals surface area contributed by atoms with E-state index in [2.05, 4.69) is 4.74 Å². The maximum atomic E-state index is 11.4. The largest absolute Gasteiger partial charge is 0.481 e. The molecule has 0 spiro atoms. The van der Waals surface area contributed by atoms with Crippen LogP contribution in [0, 0.1) is 23.7 Å². The number of rotatable bonds is 2. The molecule has 0 unspecified atom stereocenters. The summed E-state index contributed by atoms with van der Waals surface area (Å²) in [6.45, 7) is 0. The zero-order valence-corrected chi connectivity index (χ0v) is 7.84. The van der Waals surface area contributed by atoms with Crippen molar-refractivity contribution in [1.82, 2.24) is 0 Å². The molecule has 2 aliphatic rings.